The van der Waals surface area contributed by atoms with Crippen LogP contribution in [0.15, 0.2) is 17.8 Å². The molecule has 3 N–H and O–H groups in total. The van der Waals surface area contributed by atoms with Crippen molar-refractivity contribution in [2.45, 2.75) is 24.5 Å². The number of hydrogen-bond donors (Lipinski definition) is 2. The average molecular weight is 556 g/mol. The zero-order valence-electron chi connectivity index (χ0n) is 19.7. The summed E-state index contributed by atoms with van der Waals surface area (Å²) < 4.78 is 50.7. The second-order valence-electron chi connectivity index (χ2n) is 6.13. The fourth-order valence-corrected chi connectivity index (χ4v) is 5.65. The Labute approximate surface area is 255 Å². The first-order chi connectivity index (χ1) is 15.2. The molecule has 3 rings (SSSR count). The van der Waals surface area contributed by atoms with Crippen molar-refractivity contribution in [1.29, 1.82) is 0 Å². The van der Waals surface area contributed by atoms with Crippen molar-refractivity contribution in [2.24, 2.45) is 5.11 Å². The third-order valence-corrected chi connectivity index (χ3v) is 7.65. The molecule has 0 amide bonds. The van der Waals surface area contributed by atoms with Crippen LogP contribution in [0.4, 0.5) is 5.82 Å². The van der Waals surface area contributed by atoms with E-state index in [-0.39, 0.29) is 92.4 Å². The Hall–Kier alpha value is 0.380. The number of aromatic nitrogens is 4. The SMILES string of the molecule is [Li+].[Li+].[Li+].[Li+].[N-]=[N+]=NC1C(O)C(COP(=O)([O-])OP(=O)([O-])OP(=O)([O-])[O-])OC1n1cnc2c(N)ncnc21. The van der Waals surface area contributed by atoms with Crippen LogP contribution < -0.4 is 101 Å². The van der Waals surface area contributed by atoms with Crippen molar-refractivity contribution >= 4 is 40.4 Å². The van der Waals surface area contributed by atoms with Crippen LogP contribution in [0.1, 0.15) is 6.23 Å². The number of rotatable bonds is 9. The first-order valence-electron chi connectivity index (χ1n) is 8.25. The summed E-state index contributed by atoms with van der Waals surface area (Å²) in [5.41, 5.74) is 14.7. The second-order valence-corrected chi connectivity index (χ2v) is 10.4. The van der Waals surface area contributed by atoms with Gasteiger partial charge in [0, 0.05) is 4.91 Å². The molecule has 20 nitrogen and oxygen atoms in total. The van der Waals surface area contributed by atoms with Gasteiger partial charge in [-0.15, -0.1) is 0 Å². The number of nitrogens with two attached hydrogens (primary N) is 1. The molecule has 0 aliphatic carbocycles. The number of aliphatic hydroxyl groups excluding tert-OH is 1. The molecule has 0 spiro atoms. The van der Waals surface area contributed by atoms with E-state index in [1.807, 2.05) is 0 Å². The van der Waals surface area contributed by atoms with E-state index >= 15 is 0 Å². The minimum absolute atomic E-state index is 0. The van der Waals surface area contributed by atoms with Gasteiger partial charge in [-0.25, -0.2) is 19.3 Å². The molecule has 2 aromatic heterocycles. The van der Waals surface area contributed by atoms with Crippen molar-refractivity contribution in [3.8, 4) is 0 Å². The van der Waals surface area contributed by atoms with Gasteiger partial charge in [0.05, 0.1) is 26.9 Å². The summed E-state index contributed by atoms with van der Waals surface area (Å²) in [6.07, 6.45) is -2.27. The number of azide groups is 1. The largest absolute Gasteiger partial charge is 1.00 e. The van der Waals surface area contributed by atoms with E-state index in [0.29, 0.717) is 0 Å². The third-order valence-electron chi connectivity index (χ3n) is 3.98. The van der Waals surface area contributed by atoms with Crippen LogP contribution in [0.2, 0.25) is 0 Å². The Kier molecular flexibility index (Phi) is 16.4. The van der Waals surface area contributed by atoms with Crippen LogP contribution >= 0.6 is 23.5 Å². The molecular weight excluding hydrogens is 545 g/mol. The van der Waals surface area contributed by atoms with Crippen LogP contribution in [0.3, 0.4) is 0 Å². The van der Waals surface area contributed by atoms with Crippen molar-refractivity contribution in [3.63, 3.8) is 0 Å². The van der Waals surface area contributed by atoms with Crippen LogP contribution in [0.5, 0.6) is 0 Å². The summed E-state index contributed by atoms with van der Waals surface area (Å²) in [7, 11) is -18.2. The van der Waals surface area contributed by atoms with Crippen molar-refractivity contribution in [2.75, 3.05) is 12.3 Å². The molecule has 37 heavy (non-hydrogen) atoms. The van der Waals surface area contributed by atoms with Gasteiger partial charge in [0.2, 0.25) is 0 Å². The number of fused-ring (bicyclic) bond motifs is 1. The Morgan fingerprint density at radius 1 is 1.11 bits per heavy atom. The fraction of sp³-hybridized carbons (Fsp3) is 0.500. The van der Waals surface area contributed by atoms with Gasteiger partial charge in [-0.05, 0) is 5.53 Å². The molecule has 182 valence electrons. The minimum atomic E-state index is -6.17. The number of phosphoric ester groups is 1. The number of anilines is 1. The Morgan fingerprint density at radius 2 is 1.73 bits per heavy atom. The number of imidazole rings is 1. The first-order valence-corrected chi connectivity index (χ1v) is 12.6. The molecule has 6 atom stereocenters. The minimum Gasteiger partial charge on any atom is -0.790 e. The zero-order valence-corrected chi connectivity index (χ0v) is 22.3. The molecule has 1 aliphatic rings. The van der Waals surface area contributed by atoms with Crippen molar-refractivity contribution in [1.82, 2.24) is 19.5 Å². The third kappa shape index (κ3) is 10.4. The topological polar surface area (TPSA) is 319 Å². The average Bonchev–Trinajstić information content (AvgIpc) is 3.20. The van der Waals surface area contributed by atoms with Gasteiger partial charge in [0.15, 0.2) is 11.5 Å². The summed E-state index contributed by atoms with van der Waals surface area (Å²) in [5, 5.41) is 13.8. The molecule has 0 aromatic carbocycles. The molecule has 0 saturated carbocycles. The molecule has 6 unspecified atom stereocenters. The molecule has 27 heteroatoms. The number of nitrogens with zero attached hydrogens (tertiary/aromatic N) is 7. The summed E-state index contributed by atoms with van der Waals surface area (Å²) in [6.45, 7) is -1.09. The summed E-state index contributed by atoms with van der Waals surface area (Å²) in [4.78, 5) is 57.9. The van der Waals surface area contributed by atoms with Crippen LogP contribution in [-0.4, -0.2) is 49.5 Å². The van der Waals surface area contributed by atoms with E-state index in [0.717, 1.165) is 6.33 Å². The number of nitrogen functional groups attached to an aromatic ring is 1. The maximum Gasteiger partial charge on any atom is 1.00 e. The fourth-order valence-electron chi connectivity index (χ4n) is 2.79. The normalized spacial score (nSPS) is 24.1. The molecule has 0 radical (unpaired) electrons. The molecule has 1 fully saturated rings. The molecule has 2 aromatic rings. The molecule has 0 bridgehead atoms. The van der Waals surface area contributed by atoms with Crippen LogP contribution in [0, 0.1) is 0 Å². The predicted molar refractivity (Wildman–Crippen MR) is 93.5 cm³/mol. The smallest absolute Gasteiger partial charge is 0.790 e. The van der Waals surface area contributed by atoms with E-state index in [9.17, 15) is 38.4 Å². The monoisotopic (exact) mass is 556 g/mol. The van der Waals surface area contributed by atoms with Crippen molar-refractivity contribution in [3.05, 3.63) is 23.1 Å². The van der Waals surface area contributed by atoms with Gasteiger partial charge >= 0.3 is 75.4 Å². The Balaban J connectivity index is 0. The first kappa shape index (κ1) is 39.5. The number of hydrogen-bond acceptors (Lipinski definition) is 17. The van der Waals surface area contributed by atoms with Gasteiger partial charge in [0.1, 0.15) is 30.2 Å². The second kappa shape index (κ2) is 15.4. The summed E-state index contributed by atoms with van der Waals surface area (Å²) in [6, 6.07) is -1.37. The number of phosphoric acid groups is 3. The summed E-state index contributed by atoms with van der Waals surface area (Å²) in [5.74, 6) is 0.00641. The number of aliphatic hydroxyl groups is 1. The van der Waals surface area contributed by atoms with Gasteiger partial charge in [0.25, 0.3) is 15.6 Å². The van der Waals surface area contributed by atoms with E-state index < -0.39 is 54.6 Å². The van der Waals surface area contributed by atoms with Crippen molar-refractivity contribution < 1.29 is 132 Å². The molecule has 1 aliphatic heterocycles. The van der Waals surface area contributed by atoms with E-state index in [4.69, 9.17) is 16.0 Å². The summed E-state index contributed by atoms with van der Waals surface area (Å²) >= 11 is 0. The van der Waals surface area contributed by atoms with Gasteiger partial charge < -0.3 is 44.2 Å². The Morgan fingerprint density at radius 3 is 2.30 bits per heavy atom. The molecule has 3 heterocycles. The van der Waals surface area contributed by atoms with Gasteiger partial charge in [-0.2, -0.15) is 0 Å². The van der Waals surface area contributed by atoms with Crippen LogP contribution in [0.25, 0.3) is 21.6 Å². The van der Waals surface area contributed by atoms with Gasteiger partial charge in [-0.3, -0.25) is 18.0 Å². The quantitative estimate of drug-likeness (QED) is 0.0952. The Bertz CT molecular complexity index is 1250. The van der Waals surface area contributed by atoms with E-state index in [1.54, 1.807) is 0 Å². The van der Waals surface area contributed by atoms with E-state index in [2.05, 4.69) is 38.1 Å². The molecule has 1 saturated heterocycles. The van der Waals surface area contributed by atoms with E-state index in [1.165, 1.54) is 10.9 Å². The van der Waals surface area contributed by atoms with Gasteiger partial charge in [-0.1, -0.05) is 5.11 Å². The number of ether oxygens (including phenoxy) is 1. The maximum absolute atomic E-state index is 11.7. The molecular formula is C10H11Li4N8O12P3. The standard InChI is InChI=1S/C10H15N8O12P3.4Li/c11-8-6-9(14-2-13-8)18(3-15-6)10-5(16-17-12)7(19)4(28-10)1-27-32(23,24)30-33(25,26)29-31(20,21)22;;;;/h2-5,7,10,19H,1H2,(H,23,24)(H,25,26)(H2,11,13,14)(H2,20,21,22);;;;/q;4*+1/p-4. The van der Waals surface area contributed by atoms with Crippen LogP contribution in [-0.2, 0) is 31.6 Å². The predicted octanol–water partition coefficient (Wildman–Crippen LogP) is -14.8. The zero-order chi connectivity index (χ0) is 24.6. The maximum atomic E-state index is 11.7.